The molecular formula is C16H19N3O2. The van der Waals surface area contributed by atoms with Crippen LogP contribution >= 0.6 is 0 Å². The van der Waals surface area contributed by atoms with Gasteiger partial charge in [-0.3, -0.25) is 9.48 Å². The molecular weight excluding hydrogens is 266 g/mol. The summed E-state index contributed by atoms with van der Waals surface area (Å²) >= 11 is 0. The molecule has 3 unspecified atom stereocenters. The normalized spacial score (nSPS) is 25.6. The molecule has 2 heterocycles. The zero-order chi connectivity index (χ0) is 14.8. The van der Waals surface area contributed by atoms with Crippen molar-refractivity contribution in [3.8, 4) is 0 Å². The Bertz CT molecular complexity index is 623. The third kappa shape index (κ3) is 2.97. The van der Waals surface area contributed by atoms with Crippen LogP contribution in [0, 0.1) is 0 Å². The molecule has 3 atom stereocenters. The Kier molecular flexibility index (Phi) is 3.75. The van der Waals surface area contributed by atoms with Gasteiger partial charge in [-0.05, 0) is 19.4 Å². The van der Waals surface area contributed by atoms with Crippen molar-refractivity contribution in [3.05, 3.63) is 53.9 Å². The second-order valence-electron chi connectivity index (χ2n) is 5.45. The summed E-state index contributed by atoms with van der Waals surface area (Å²) in [7, 11) is 0. The first kappa shape index (κ1) is 13.8. The number of carbonyl (C=O) groups excluding carboxylic acids is 1. The molecule has 1 saturated heterocycles. The van der Waals surface area contributed by atoms with E-state index >= 15 is 0 Å². The van der Waals surface area contributed by atoms with E-state index in [1.165, 1.54) is 5.56 Å². The predicted molar refractivity (Wildman–Crippen MR) is 78.7 cm³/mol. The number of carbonyl (C=O) groups is 1. The maximum atomic E-state index is 11.6. The molecule has 3 rings (SSSR count). The number of benzene rings is 1. The molecule has 1 aliphatic rings. The van der Waals surface area contributed by atoms with Crippen molar-refractivity contribution in [2.45, 2.75) is 38.6 Å². The molecule has 0 spiro atoms. The molecule has 1 amide bonds. The topological polar surface area (TPSA) is 56.1 Å². The Balaban J connectivity index is 1.74. The van der Waals surface area contributed by atoms with Gasteiger partial charge in [0.05, 0.1) is 18.8 Å². The van der Waals surface area contributed by atoms with Gasteiger partial charge in [-0.1, -0.05) is 30.3 Å². The van der Waals surface area contributed by atoms with Gasteiger partial charge in [0.25, 0.3) is 0 Å². The molecule has 2 aromatic rings. The lowest BCUT2D eigenvalue weighted by atomic mass is 10.0. The summed E-state index contributed by atoms with van der Waals surface area (Å²) in [4.78, 5) is 11.6. The number of nitrogens with zero attached hydrogens (tertiary/aromatic N) is 2. The number of amides is 1. The average Bonchev–Trinajstić information content (AvgIpc) is 2.92. The zero-order valence-corrected chi connectivity index (χ0v) is 12.2. The number of hydrogen-bond donors (Lipinski definition) is 1. The van der Waals surface area contributed by atoms with Crippen LogP contribution in [-0.4, -0.2) is 27.8 Å². The lowest BCUT2D eigenvalue weighted by Gasteiger charge is -2.33. The average molecular weight is 285 g/mol. The van der Waals surface area contributed by atoms with Crippen molar-refractivity contribution >= 4 is 5.91 Å². The molecule has 1 aliphatic heterocycles. The van der Waals surface area contributed by atoms with Crippen LogP contribution in [0.15, 0.2) is 42.7 Å². The molecule has 0 radical (unpaired) electrons. The van der Waals surface area contributed by atoms with E-state index in [2.05, 4.69) is 22.5 Å². The first-order chi connectivity index (χ1) is 10.1. The Morgan fingerprint density at radius 2 is 2.05 bits per heavy atom. The fraction of sp³-hybridized carbons (Fsp3) is 0.375. The fourth-order valence-corrected chi connectivity index (χ4v) is 2.57. The highest BCUT2D eigenvalue weighted by Crippen LogP contribution is 2.26. The van der Waals surface area contributed by atoms with Crippen LogP contribution in [0.1, 0.15) is 31.1 Å². The summed E-state index contributed by atoms with van der Waals surface area (Å²) in [6.45, 7) is 4.44. The third-order valence-electron chi connectivity index (χ3n) is 3.71. The standard InChI is InChI=1S/C16H19N3O2/c1-11-15(21-12(2)16(20)18-11)14-8-17-19(10-14)9-13-6-4-3-5-7-13/h3-8,10-12,15H,9H2,1-2H3,(H,18,20). The molecule has 0 aliphatic carbocycles. The van der Waals surface area contributed by atoms with E-state index in [-0.39, 0.29) is 18.1 Å². The second-order valence-corrected chi connectivity index (χ2v) is 5.45. The summed E-state index contributed by atoms with van der Waals surface area (Å²) in [5.74, 6) is -0.0598. The lowest BCUT2D eigenvalue weighted by Crippen LogP contribution is -2.49. The molecule has 0 bridgehead atoms. The van der Waals surface area contributed by atoms with Gasteiger partial charge in [-0.15, -0.1) is 0 Å². The van der Waals surface area contributed by atoms with E-state index in [0.29, 0.717) is 0 Å². The summed E-state index contributed by atoms with van der Waals surface area (Å²) < 4.78 is 7.69. The number of aromatic nitrogens is 2. The minimum Gasteiger partial charge on any atom is -0.359 e. The maximum Gasteiger partial charge on any atom is 0.249 e. The minimum absolute atomic E-state index is 0.0527. The highest BCUT2D eigenvalue weighted by atomic mass is 16.5. The smallest absolute Gasteiger partial charge is 0.249 e. The summed E-state index contributed by atoms with van der Waals surface area (Å²) in [5.41, 5.74) is 2.19. The van der Waals surface area contributed by atoms with Crippen LogP contribution in [0.4, 0.5) is 0 Å². The summed E-state index contributed by atoms with van der Waals surface area (Å²) in [6.07, 6.45) is 3.22. The van der Waals surface area contributed by atoms with Gasteiger partial charge in [0.1, 0.15) is 12.2 Å². The van der Waals surface area contributed by atoms with E-state index < -0.39 is 6.10 Å². The predicted octanol–water partition coefficient (Wildman–Crippen LogP) is 1.90. The van der Waals surface area contributed by atoms with Gasteiger partial charge in [0.2, 0.25) is 5.91 Å². The van der Waals surface area contributed by atoms with Crippen molar-refractivity contribution in [1.29, 1.82) is 0 Å². The van der Waals surface area contributed by atoms with E-state index in [4.69, 9.17) is 4.74 Å². The first-order valence-corrected chi connectivity index (χ1v) is 7.15. The second kappa shape index (κ2) is 5.69. The summed E-state index contributed by atoms with van der Waals surface area (Å²) in [6, 6.07) is 10.1. The molecule has 0 saturated carbocycles. The van der Waals surface area contributed by atoms with Crippen molar-refractivity contribution in [2.24, 2.45) is 0 Å². The largest absolute Gasteiger partial charge is 0.359 e. The number of rotatable bonds is 3. The highest BCUT2D eigenvalue weighted by molar-refractivity contribution is 5.81. The van der Waals surface area contributed by atoms with Crippen LogP contribution in [0.5, 0.6) is 0 Å². The molecule has 1 aromatic heterocycles. The highest BCUT2D eigenvalue weighted by Gasteiger charge is 2.33. The van der Waals surface area contributed by atoms with Crippen LogP contribution < -0.4 is 5.32 Å². The molecule has 21 heavy (non-hydrogen) atoms. The fourth-order valence-electron chi connectivity index (χ4n) is 2.57. The Hall–Kier alpha value is -2.14. The molecule has 1 aromatic carbocycles. The SMILES string of the molecule is CC1OC(c2cnn(Cc3ccccc3)c2)C(C)NC1=O. The maximum absolute atomic E-state index is 11.6. The van der Waals surface area contributed by atoms with Crippen LogP contribution in [-0.2, 0) is 16.1 Å². The van der Waals surface area contributed by atoms with Crippen molar-refractivity contribution in [1.82, 2.24) is 15.1 Å². The molecule has 1 N–H and O–H groups in total. The van der Waals surface area contributed by atoms with E-state index in [0.717, 1.165) is 12.1 Å². The monoisotopic (exact) mass is 285 g/mol. The number of morpholine rings is 1. The van der Waals surface area contributed by atoms with Gasteiger partial charge in [-0.25, -0.2) is 0 Å². The third-order valence-corrected chi connectivity index (χ3v) is 3.71. The molecule has 5 nitrogen and oxygen atoms in total. The van der Waals surface area contributed by atoms with E-state index in [1.807, 2.05) is 42.2 Å². The molecule has 1 fully saturated rings. The van der Waals surface area contributed by atoms with Gasteiger partial charge < -0.3 is 10.1 Å². The van der Waals surface area contributed by atoms with Crippen LogP contribution in [0.2, 0.25) is 0 Å². The Morgan fingerprint density at radius 3 is 2.81 bits per heavy atom. The first-order valence-electron chi connectivity index (χ1n) is 7.15. The minimum atomic E-state index is -0.427. The number of nitrogens with one attached hydrogen (secondary N) is 1. The van der Waals surface area contributed by atoms with E-state index in [1.54, 1.807) is 6.92 Å². The van der Waals surface area contributed by atoms with Crippen molar-refractivity contribution < 1.29 is 9.53 Å². The van der Waals surface area contributed by atoms with E-state index in [9.17, 15) is 4.79 Å². The lowest BCUT2D eigenvalue weighted by molar-refractivity contribution is -0.147. The zero-order valence-electron chi connectivity index (χ0n) is 12.2. The van der Waals surface area contributed by atoms with Crippen LogP contribution in [0.3, 0.4) is 0 Å². The Labute approximate surface area is 123 Å². The van der Waals surface area contributed by atoms with Crippen molar-refractivity contribution in [3.63, 3.8) is 0 Å². The van der Waals surface area contributed by atoms with Gasteiger partial charge in [0, 0.05) is 11.8 Å². The Morgan fingerprint density at radius 1 is 1.29 bits per heavy atom. The van der Waals surface area contributed by atoms with Crippen molar-refractivity contribution in [2.75, 3.05) is 0 Å². The molecule has 5 heteroatoms. The van der Waals surface area contributed by atoms with Gasteiger partial charge in [0.15, 0.2) is 0 Å². The number of hydrogen-bond acceptors (Lipinski definition) is 3. The quantitative estimate of drug-likeness (QED) is 0.937. The number of ether oxygens (including phenoxy) is 1. The summed E-state index contributed by atoms with van der Waals surface area (Å²) in [5, 5.41) is 7.32. The molecule has 110 valence electrons. The van der Waals surface area contributed by atoms with Crippen LogP contribution in [0.25, 0.3) is 0 Å². The van der Waals surface area contributed by atoms with Gasteiger partial charge >= 0.3 is 0 Å². The van der Waals surface area contributed by atoms with Gasteiger partial charge in [-0.2, -0.15) is 5.10 Å².